The monoisotopic (exact) mass is 384 g/mol. The summed E-state index contributed by atoms with van der Waals surface area (Å²) in [5.74, 6) is -4.23. The number of hydrogen-bond donors (Lipinski definition) is 1. The zero-order valence-corrected chi connectivity index (χ0v) is 14.4. The number of ether oxygens (including phenoxy) is 1. The van der Waals surface area contributed by atoms with E-state index in [-0.39, 0.29) is 24.3 Å². The van der Waals surface area contributed by atoms with Crippen molar-refractivity contribution in [1.29, 1.82) is 0 Å². The number of hydrogen-bond acceptors (Lipinski definition) is 3. The van der Waals surface area contributed by atoms with Gasteiger partial charge in [-0.3, -0.25) is 0 Å². The Morgan fingerprint density at radius 1 is 1.15 bits per heavy atom. The molecule has 8 heteroatoms. The number of nitrogens with zero attached hydrogens (tertiary/aromatic N) is 1. The fourth-order valence-electron chi connectivity index (χ4n) is 2.99. The number of rotatable bonds is 5. The lowest BCUT2D eigenvalue weighted by atomic mass is 9.87. The van der Waals surface area contributed by atoms with Crippen LogP contribution in [0.1, 0.15) is 29.5 Å². The normalized spacial score (nSPS) is 16.1. The Morgan fingerprint density at radius 3 is 2.26 bits per heavy atom. The highest BCUT2D eigenvalue weighted by atomic mass is 19.4. The summed E-state index contributed by atoms with van der Waals surface area (Å²) in [6.45, 7) is 5.16. The van der Waals surface area contributed by atoms with E-state index in [1.165, 1.54) is 24.4 Å². The van der Waals surface area contributed by atoms with Gasteiger partial charge < -0.3 is 10.5 Å². The first-order chi connectivity index (χ1) is 12.5. The van der Waals surface area contributed by atoms with E-state index in [4.69, 9.17) is 10.5 Å². The highest BCUT2D eigenvalue weighted by Crippen LogP contribution is 2.63. The van der Waals surface area contributed by atoms with Crippen LogP contribution in [0.2, 0.25) is 0 Å². The zero-order chi connectivity index (χ0) is 20.0. The standard InChI is InChI=1S/C19H17F5N2O/c1-11-9-14(17(7-8-17)18(20,21)19(22,23)24)4-5-15(11)27-16-6-3-13(10-26-16)12(2)25/h3-6,9-10H,2,7-8,25H2,1H3. The van der Waals surface area contributed by atoms with E-state index < -0.39 is 17.5 Å². The van der Waals surface area contributed by atoms with Crippen LogP contribution in [-0.2, 0) is 5.41 Å². The molecule has 0 spiro atoms. The third-order valence-corrected chi connectivity index (χ3v) is 4.76. The molecular formula is C19H17F5N2O. The number of halogens is 5. The fraction of sp³-hybridized carbons (Fsp3) is 0.316. The molecule has 1 aromatic heterocycles. The number of benzene rings is 1. The van der Waals surface area contributed by atoms with Gasteiger partial charge in [0.25, 0.3) is 0 Å². The van der Waals surface area contributed by atoms with Crippen molar-refractivity contribution in [2.75, 3.05) is 0 Å². The Hall–Kier alpha value is -2.64. The molecule has 1 aromatic carbocycles. The van der Waals surface area contributed by atoms with Crippen LogP contribution >= 0.6 is 0 Å². The lowest BCUT2D eigenvalue weighted by Crippen LogP contribution is -2.47. The van der Waals surface area contributed by atoms with Crippen molar-refractivity contribution in [2.24, 2.45) is 5.73 Å². The smallest absolute Gasteiger partial charge is 0.439 e. The van der Waals surface area contributed by atoms with Crippen LogP contribution in [0.4, 0.5) is 22.0 Å². The lowest BCUT2D eigenvalue weighted by molar-refractivity contribution is -0.296. The molecule has 0 radical (unpaired) electrons. The van der Waals surface area contributed by atoms with Crippen molar-refractivity contribution in [2.45, 2.75) is 37.3 Å². The van der Waals surface area contributed by atoms with Gasteiger partial charge in [-0.1, -0.05) is 18.7 Å². The van der Waals surface area contributed by atoms with Crippen LogP contribution in [0.5, 0.6) is 11.6 Å². The fourth-order valence-corrected chi connectivity index (χ4v) is 2.99. The number of alkyl halides is 5. The molecular weight excluding hydrogens is 367 g/mol. The Bertz CT molecular complexity index is 871. The summed E-state index contributed by atoms with van der Waals surface area (Å²) in [5.41, 5.74) is 4.71. The average molecular weight is 384 g/mol. The molecule has 3 rings (SSSR count). The van der Waals surface area contributed by atoms with Crippen molar-refractivity contribution in [3.05, 3.63) is 59.8 Å². The van der Waals surface area contributed by atoms with Crippen molar-refractivity contribution in [3.8, 4) is 11.6 Å². The summed E-state index contributed by atoms with van der Waals surface area (Å²) in [5, 5.41) is 0. The quantitative estimate of drug-likeness (QED) is 0.708. The zero-order valence-electron chi connectivity index (χ0n) is 14.4. The maximum atomic E-state index is 14.0. The van der Waals surface area contributed by atoms with E-state index in [1.54, 1.807) is 19.1 Å². The third kappa shape index (κ3) is 3.24. The van der Waals surface area contributed by atoms with Gasteiger partial charge in [-0.2, -0.15) is 22.0 Å². The van der Waals surface area contributed by atoms with Crippen LogP contribution in [0.3, 0.4) is 0 Å². The number of aromatic nitrogens is 1. The van der Waals surface area contributed by atoms with Gasteiger partial charge >= 0.3 is 12.1 Å². The molecule has 0 atom stereocenters. The molecule has 144 valence electrons. The maximum absolute atomic E-state index is 14.0. The van der Waals surface area contributed by atoms with Crippen molar-refractivity contribution in [1.82, 2.24) is 4.98 Å². The topological polar surface area (TPSA) is 48.1 Å². The third-order valence-electron chi connectivity index (χ3n) is 4.76. The van der Waals surface area contributed by atoms with Crippen LogP contribution in [0.15, 0.2) is 43.1 Å². The maximum Gasteiger partial charge on any atom is 0.454 e. The molecule has 1 aliphatic carbocycles. The molecule has 0 unspecified atom stereocenters. The molecule has 0 amide bonds. The van der Waals surface area contributed by atoms with Crippen molar-refractivity contribution >= 4 is 5.70 Å². The van der Waals surface area contributed by atoms with Gasteiger partial charge in [-0.15, -0.1) is 0 Å². The molecule has 0 aliphatic heterocycles. The largest absolute Gasteiger partial charge is 0.454 e. The Morgan fingerprint density at radius 2 is 1.81 bits per heavy atom. The summed E-state index contributed by atoms with van der Waals surface area (Å²) < 4.78 is 71.9. The molecule has 27 heavy (non-hydrogen) atoms. The van der Waals surface area contributed by atoms with Crippen LogP contribution in [0.25, 0.3) is 5.70 Å². The van der Waals surface area contributed by atoms with E-state index in [0.717, 1.165) is 0 Å². The SMILES string of the molecule is C=C(N)c1ccc(Oc2ccc(C3(C(F)(F)C(F)(F)F)CC3)cc2C)nc1. The second-order valence-corrected chi connectivity index (χ2v) is 6.65. The molecule has 1 saturated carbocycles. The van der Waals surface area contributed by atoms with Crippen LogP contribution < -0.4 is 10.5 Å². The Balaban J connectivity index is 1.85. The molecule has 0 saturated heterocycles. The van der Waals surface area contributed by atoms with E-state index in [2.05, 4.69) is 11.6 Å². The Kier molecular flexibility index (Phi) is 4.40. The summed E-state index contributed by atoms with van der Waals surface area (Å²) in [7, 11) is 0. The summed E-state index contributed by atoms with van der Waals surface area (Å²) in [6, 6.07) is 7.16. The van der Waals surface area contributed by atoms with Crippen LogP contribution in [0, 0.1) is 6.92 Å². The first-order valence-corrected chi connectivity index (χ1v) is 8.12. The molecule has 1 fully saturated rings. The number of aryl methyl sites for hydroxylation is 1. The Labute approximate surface area is 152 Å². The number of nitrogens with two attached hydrogens (primary N) is 1. The summed E-state index contributed by atoms with van der Waals surface area (Å²) in [4.78, 5) is 4.06. The molecule has 2 aromatic rings. The summed E-state index contributed by atoms with van der Waals surface area (Å²) >= 11 is 0. The average Bonchev–Trinajstić information content (AvgIpc) is 3.38. The minimum Gasteiger partial charge on any atom is -0.439 e. The molecule has 1 heterocycles. The highest BCUT2D eigenvalue weighted by molar-refractivity contribution is 5.59. The second kappa shape index (κ2) is 6.21. The van der Waals surface area contributed by atoms with Gasteiger partial charge in [0, 0.05) is 23.5 Å². The van der Waals surface area contributed by atoms with E-state index in [9.17, 15) is 22.0 Å². The van der Waals surface area contributed by atoms with Gasteiger partial charge in [0.05, 0.1) is 5.41 Å². The molecule has 1 aliphatic rings. The lowest BCUT2D eigenvalue weighted by Gasteiger charge is -2.29. The van der Waals surface area contributed by atoms with Gasteiger partial charge in [0.1, 0.15) is 5.75 Å². The van der Waals surface area contributed by atoms with Gasteiger partial charge in [0.2, 0.25) is 5.88 Å². The van der Waals surface area contributed by atoms with Crippen molar-refractivity contribution in [3.63, 3.8) is 0 Å². The minimum atomic E-state index is -5.59. The van der Waals surface area contributed by atoms with Gasteiger partial charge in [0.15, 0.2) is 0 Å². The highest BCUT2D eigenvalue weighted by Gasteiger charge is 2.75. The van der Waals surface area contributed by atoms with Crippen LogP contribution in [-0.4, -0.2) is 17.1 Å². The van der Waals surface area contributed by atoms with Gasteiger partial charge in [-0.05, 0) is 43.0 Å². The molecule has 2 N–H and O–H groups in total. The molecule has 0 bridgehead atoms. The van der Waals surface area contributed by atoms with Crippen molar-refractivity contribution < 1.29 is 26.7 Å². The first kappa shape index (κ1) is 19.1. The predicted molar refractivity (Wildman–Crippen MR) is 90.6 cm³/mol. The van der Waals surface area contributed by atoms with E-state index >= 15 is 0 Å². The summed E-state index contributed by atoms with van der Waals surface area (Å²) in [6.07, 6.45) is -4.56. The van der Waals surface area contributed by atoms with Gasteiger partial charge in [-0.25, -0.2) is 4.98 Å². The minimum absolute atomic E-state index is 0.0441. The van der Waals surface area contributed by atoms with E-state index in [0.29, 0.717) is 22.6 Å². The first-order valence-electron chi connectivity index (χ1n) is 8.12. The van der Waals surface area contributed by atoms with E-state index in [1.807, 2.05) is 0 Å². The second-order valence-electron chi connectivity index (χ2n) is 6.65. The number of pyridine rings is 1. The molecule has 3 nitrogen and oxygen atoms in total. The predicted octanol–water partition coefficient (Wildman–Crippen LogP) is 5.34.